The molecule has 0 saturated heterocycles. The Morgan fingerprint density at radius 1 is 1.10 bits per heavy atom. The van der Waals surface area contributed by atoms with E-state index in [1.165, 1.54) is 0 Å². The third-order valence-electron chi connectivity index (χ3n) is 4.80. The number of fused-ring (bicyclic) bond motifs is 1. The van der Waals surface area contributed by atoms with Crippen molar-refractivity contribution < 1.29 is 9.53 Å². The maximum atomic E-state index is 12.8. The molecule has 1 amide bonds. The summed E-state index contributed by atoms with van der Waals surface area (Å²) < 4.78 is 7.96. The first-order valence-electron chi connectivity index (χ1n) is 9.74. The number of nitrogens with one attached hydrogen (secondary N) is 1. The van der Waals surface area contributed by atoms with Crippen molar-refractivity contribution >= 4 is 34.2 Å². The highest BCUT2D eigenvalue weighted by Gasteiger charge is 2.20. The van der Waals surface area contributed by atoms with E-state index in [2.05, 4.69) is 5.32 Å². The molecule has 0 aliphatic heterocycles. The van der Waals surface area contributed by atoms with Crippen LogP contribution in [-0.2, 0) is 11.3 Å². The van der Waals surface area contributed by atoms with Gasteiger partial charge in [0.2, 0.25) is 5.91 Å². The van der Waals surface area contributed by atoms with Crippen LogP contribution in [0.2, 0.25) is 5.02 Å². The summed E-state index contributed by atoms with van der Waals surface area (Å²) >= 11 is 6.27. The van der Waals surface area contributed by atoms with Gasteiger partial charge in [-0.25, -0.2) is 4.98 Å². The quantitative estimate of drug-likeness (QED) is 0.431. The Kier molecular flexibility index (Phi) is 5.72. The minimum atomic E-state index is -0.337. The molecule has 1 atom stereocenters. The number of ether oxygens (including phenoxy) is 1. The van der Waals surface area contributed by atoms with Crippen molar-refractivity contribution in [1.29, 1.82) is 0 Å². The first kappa shape index (κ1) is 20.0. The molecule has 5 nitrogen and oxygen atoms in total. The molecule has 0 spiro atoms. The lowest BCUT2D eigenvalue weighted by atomic mass is 10.2. The standard InChI is InChI=1S/C24H22ClN3O2/c1-16-12-13-20(19(25)14-16)26-23(29)15-28-22-11-7-6-10-21(22)27-24(28)17(2)30-18-8-4-3-5-9-18/h3-14,17H,15H2,1-2H3,(H,26,29). The predicted octanol–water partition coefficient (Wildman–Crippen LogP) is 5.78. The second kappa shape index (κ2) is 8.59. The summed E-state index contributed by atoms with van der Waals surface area (Å²) in [5.41, 5.74) is 3.32. The van der Waals surface area contributed by atoms with Gasteiger partial charge in [-0.3, -0.25) is 4.79 Å². The minimum Gasteiger partial charge on any atom is -0.483 e. The smallest absolute Gasteiger partial charge is 0.244 e. The van der Waals surface area contributed by atoms with Gasteiger partial charge in [0.15, 0.2) is 11.9 Å². The van der Waals surface area contributed by atoms with Crippen LogP contribution in [0.3, 0.4) is 0 Å². The van der Waals surface area contributed by atoms with Gasteiger partial charge in [-0.15, -0.1) is 0 Å². The maximum absolute atomic E-state index is 12.8. The lowest BCUT2D eigenvalue weighted by molar-refractivity contribution is -0.116. The Balaban J connectivity index is 1.62. The molecule has 4 rings (SSSR count). The van der Waals surface area contributed by atoms with Crippen LogP contribution < -0.4 is 10.1 Å². The SMILES string of the molecule is Cc1ccc(NC(=O)Cn2c(C(C)Oc3ccccc3)nc3ccccc32)c(Cl)c1. The van der Waals surface area contributed by atoms with Crippen LogP contribution in [0.5, 0.6) is 5.75 Å². The number of nitrogens with zero attached hydrogens (tertiary/aromatic N) is 2. The molecule has 30 heavy (non-hydrogen) atoms. The third-order valence-corrected chi connectivity index (χ3v) is 5.12. The molecule has 0 aliphatic rings. The summed E-state index contributed by atoms with van der Waals surface area (Å²) in [6.45, 7) is 3.98. The molecule has 1 aromatic heterocycles. The van der Waals surface area contributed by atoms with E-state index >= 15 is 0 Å². The summed E-state index contributed by atoms with van der Waals surface area (Å²) in [4.78, 5) is 17.6. The molecule has 1 N–H and O–H groups in total. The van der Waals surface area contributed by atoms with E-state index in [1.54, 1.807) is 0 Å². The molecule has 6 heteroatoms. The number of aromatic nitrogens is 2. The van der Waals surface area contributed by atoms with Crippen molar-refractivity contribution in [3.8, 4) is 5.75 Å². The number of para-hydroxylation sites is 3. The van der Waals surface area contributed by atoms with Crippen molar-refractivity contribution in [2.75, 3.05) is 5.32 Å². The largest absolute Gasteiger partial charge is 0.483 e. The van der Waals surface area contributed by atoms with Gasteiger partial charge in [-0.2, -0.15) is 0 Å². The Morgan fingerprint density at radius 2 is 1.83 bits per heavy atom. The fraction of sp³-hybridized carbons (Fsp3) is 0.167. The fourth-order valence-corrected chi connectivity index (χ4v) is 3.66. The highest BCUT2D eigenvalue weighted by molar-refractivity contribution is 6.33. The second-order valence-corrected chi connectivity index (χ2v) is 7.56. The van der Waals surface area contributed by atoms with Gasteiger partial charge in [-0.05, 0) is 55.8 Å². The van der Waals surface area contributed by atoms with Crippen molar-refractivity contribution in [3.63, 3.8) is 0 Å². The molecular formula is C24H22ClN3O2. The Hall–Kier alpha value is -3.31. The number of hydrogen-bond donors (Lipinski definition) is 1. The number of carbonyl (C=O) groups excluding carboxylic acids is 1. The molecule has 0 aliphatic carbocycles. The lowest BCUT2D eigenvalue weighted by Crippen LogP contribution is -2.22. The summed E-state index contributed by atoms with van der Waals surface area (Å²) in [5.74, 6) is 1.25. The zero-order valence-corrected chi connectivity index (χ0v) is 17.6. The fourth-order valence-electron chi connectivity index (χ4n) is 3.38. The Bertz CT molecular complexity index is 1190. The predicted molar refractivity (Wildman–Crippen MR) is 120 cm³/mol. The van der Waals surface area contributed by atoms with Gasteiger partial charge in [0.1, 0.15) is 12.3 Å². The number of anilines is 1. The number of aryl methyl sites for hydroxylation is 1. The van der Waals surface area contributed by atoms with E-state index in [-0.39, 0.29) is 18.6 Å². The second-order valence-electron chi connectivity index (χ2n) is 7.15. The number of imidazole rings is 1. The number of carbonyl (C=O) groups is 1. The van der Waals surface area contributed by atoms with E-state index in [9.17, 15) is 4.79 Å². The zero-order chi connectivity index (χ0) is 21.1. The summed E-state index contributed by atoms with van der Waals surface area (Å²) in [5, 5.41) is 3.41. The summed E-state index contributed by atoms with van der Waals surface area (Å²) in [6, 6.07) is 22.9. The highest BCUT2D eigenvalue weighted by atomic mass is 35.5. The Morgan fingerprint density at radius 3 is 2.60 bits per heavy atom. The van der Waals surface area contributed by atoms with Crippen LogP contribution in [0, 0.1) is 6.92 Å². The van der Waals surface area contributed by atoms with Gasteiger partial charge in [-0.1, -0.05) is 48.0 Å². The van der Waals surface area contributed by atoms with E-state index < -0.39 is 0 Å². The van der Waals surface area contributed by atoms with Gasteiger partial charge in [0.25, 0.3) is 0 Å². The minimum absolute atomic E-state index is 0.0997. The topological polar surface area (TPSA) is 56.2 Å². The monoisotopic (exact) mass is 419 g/mol. The molecule has 1 heterocycles. The van der Waals surface area contributed by atoms with Crippen LogP contribution in [0.15, 0.2) is 72.8 Å². The average molecular weight is 420 g/mol. The first-order valence-corrected chi connectivity index (χ1v) is 10.1. The molecular weight excluding hydrogens is 398 g/mol. The molecule has 3 aromatic carbocycles. The third kappa shape index (κ3) is 4.31. The van der Waals surface area contributed by atoms with Crippen LogP contribution in [0.1, 0.15) is 24.4 Å². The lowest BCUT2D eigenvalue weighted by Gasteiger charge is -2.17. The molecule has 152 valence electrons. The van der Waals surface area contributed by atoms with Crippen LogP contribution in [0.25, 0.3) is 11.0 Å². The number of hydrogen-bond acceptors (Lipinski definition) is 3. The average Bonchev–Trinajstić information content (AvgIpc) is 3.09. The zero-order valence-electron chi connectivity index (χ0n) is 16.8. The van der Waals surface area contributed by atoms with Gasteiger partial charge in [0.05, 0.1) is 21.7 Å². The van der Waals surface area contributed by atoms with Crippen molar-refractivity contribution in [3.05, 3.63) is 89.2 Å². The van der Waals surface area contributed by atoms with E-state index in [1.807, 2.05) is 91.2 Å². The van der Waals surface area contributed by atoms with Crippen LogP contribution >= 0.6 is 11.6 Å². The number of benzene rings is 3. The highest BCUT2D eigenvalue weighted by Crippen LogP contribution is 2.26. The molecule has 0 saturated carbocycles. The maximum Gasteiger partial charge on any atom is 0.244 e. The number of halogens is 1. The van der Waals surface area contributed by atoms with E-state index in [4.69, 9.17) is 21.3 Å². The Labute approximate surface area is 180 Å². The van der Waals surface area contributed by atoms with Crippen molar-refractivity contribution in [2.24, 2.45) is 0 Å². The van der Waals surface area contributed by atoms with Gasteiger partial charge in [0, 0.05) is 0 Å². The van der Waals surface area contributed by atoms with E-state index in [0.717, 1.165) is 22.3 Å². The normalized spacial score (nSPS) is 12.0. The van der Waals surface area contributed by atoms with Crippen molar-refractivity contribution in [1.82, 2.24) is 9.55 Å². The van der Waals surface area contributed by atoms with Crippen LogP contribution in [0.4, 0.5) is 5.69 Å². The van der Waals surface area contributed by atoms with Crippen LogP contribution in [-0.4, -0.2) is 15.5 Å². The first-order chi connectivity index (χ1) is 14.5. The number of rotatable bonds is 6. The molecule has 0 bridgehead atoms. The van der Waals surface area contributed by atoms with Crippen molar-refractivity contribution in [2.45, 2.75) is 26.5 Å². The number of amides is 1. The molecule has 4 aromatic rings. The molecule has 0 fully saturated rings. The molecule has 1 unspecified atom stereocenters. The van der Waals surface area contributed by atoms with Gasteiger partial charge < -0.3 is 14.6 Å². The van der Waals surface area contributed by atoms with Gasteiger partial charge >= 0.3 is 0 Å². The molecule has 0 radical (unpaired) electrons. The summed E-state index contributed by atoms with van der Waals surface area (Å²) in [7, 11) is 0. The summed E-state index contributed by atoms with van der Waals surface area (Å²) in [6.07, 6.45) is -0.337. The van der Waals surface area contributed by atoms with E-state index in [0.29, 0.717) is 16.5 Å².